The van der Waals surface area contributed by atoms with Gasteiger partial charge in [-0.2, -0.15) is 0 Å². The summed E-state index contributed by atoms with van der Waals surface area (Å²) in [5.74, 6) is -0.741. The van der Waals surface area contributed by atoms with Crippen LogP contribution in [0.2, 0.25) is 5.15 Å². The molecule has 7 heteroatoms. The van der Waals surface area contributed by atoms with Crippen molar-refractivity contribution < 1.29 is 9.59 Å². The van der Waals surface area contributed by atoms with Crippen LogP contribution in [0.5, 0.6) is 0 Å². The van der Waals surface area contributed by atoms with Gasteiger partial charge in [0.15, 0.2) is 0 Å². The zero-order valence-electron chi connectivity index (χ0n) is 9.53. The third-order valence-corrected chi connectivity index (χ3v) is 2.11. The van der Waals surface area contributed by atoms with Gasteiger partial charge in [-0.3, -0.25) is 14.6 Å². The predicted octanol–water partition coefficient (Wildman–Crippen LogP) is 0.384. The zero-order chi connectivity index (χ0) is 12.8. The van der Waals surface area contributed by atoms with E-state index in [1.165, 1.54) is 12.4 Å². The van der Waals surface area contributed by atoms with Gasteiger partial charge in [-0.05, 0) is 13.8 Å². The van der Waals surface area contributed by atoms with Gasteiger partial charge in [-0.25, -0.2) is 4.98 Å². The van der Waals surface area contributed by atoms with Gasteiger partial charge in [-0.1, -0.05) is 11.6 Å². The van der Waals surface area contributed by atoms with Crippen molar-refractivity contribution in [3.8, 4) is 0 Å². The minimum Gasteiger partial charge on any atom is -0.355 e. The van der Waals surface area contributed by atoms with Crippen molar-refractivity contribution in [1.29, 1.82) is 0 Å². The molecule has 1 atom stereocenters. The molecule has 0 aliphatic rings. The molecule has 1 rings (SSSR count). The van der Waals surface area contributed by atoms with Gasteiger partial charge < -0.3 is 10.6 Å². The second kappa shape index (κ2) is 6.15. The SMILES string of the molecule is CCNC(=O)C(C)NC(=O)c1cncc(Cl)n1. The highest BCUT2D eigenvalue weighted by Gasteiger charge is 2.16. The van der Waals surface area contributed by atoms with Crippen molar-refractivity contribution in [2.45, 2.75) is 19.9 Å². The average molecular weight is 257 g/mol. The summed E-state index contributed by atoms with van der Waals surface area (Å²) in [5, 5.41) is 5.22. The zero-order valence-corrected chi connectivity index (χ0v) is 10.3. The van der Waals surface area contributed by atoms with Crippen molar-refractivity contribution in [3.63, 3.8) is 0 Å². The molecular formula is C10H13ClN4O2. The van der Waals surface area contributed by atoms with E-state index < -0.39 is 11.9 Å². The van der Waals surface area contributed by atoms with Crippen LogP contribution in [0.15, 0.2) is 12.4 Å². The monoisotopic (exact) mass is 256 g/mol. The number of rotatable bonds is 4. The Hall–Kier alpha value is -1.69. The van der Waals surface area contributed by atoms with Gasteiger partial charge in [0.1, 0.15) is 16.9 Å². The van der Waals surface area contributed by atoms with Crippen LogP contribution < -0.4 is 10.6 Å². The fraction of sp³-hybridized carbons (Fsp3) is 0.400. The number of carbonyl (C=O) groups is 2. The Morgan fingerprint density at radius 3 is 2.76 bits per heavy atom. The van der Waals surface area contributed by atoms with Crippen LogP contribution in [0.25, 0.3) is 0 Å². The Bertz CT molecular complexity index is 425. The average Bonchev–Trinajstić information content (AvgIpc) is 2.29. The predicted molar refractivity (Wildman–Crippen MR) is 62.7 cm³/mol. The van der Waals surface area contributed by atoms with Crippen LogP contribution in [0.3, 0.4) is 0 Å². The highest BCUT2D eigenvalue weighted by Crippen LogP contribution is 2.02. The molecule has 0 spiro atoms. The highest BCUT2D eigenvalue weighted by molar-refractivity contribution is 6.29. The molecule has 1 aromatic rings. The van der Waals surface area contributed by atoms with Crippen LogP contribution in [0.4, 0.5) is 0 Å². The van der Waals surface area contributed by atoms with Crippen LogP contribution in [0.1, 0.15) is 24.3 Å². The fourth-order valence-electron chi connectivity index (χ4n) is 1.12. The minimum atomic E-state index is -0.636. The second-order valence-corrected chi connectivity index (χ2v) is 3.70. The maximum absolute atomic E-state index is 11.7. The van der Waals surface area contributed by atoms with Crippen LogP contribution in [0, 0.1) is 0 Å². The second-order valence-electron chi connectivity index (χ2n) is 3.32. The van der Waals surface area contributed by atoms with Crippen molar-refractivity contribution >= 4 is 23.4 Å². The van der Waals surface area contributed by atoms with Gasteiger partial charge in [0.2, 0.25) is 5.91 Å². The van der Waals surface area contributed by atoms with E-state index in [2.05, 4.69) is 20.6 Å². The molecule has 2 N–H and O–H groups in total. The summed E-state index contributed by atoms with van der Waals surface area (Å²) in [6.07, 6.45) is 2.61. The topological polar surface area (TPSA) is 84.0 Å². The minimum absolute atomic E-state index is 0.0775. The normalized spacial score (nSPS) is 11.7. The first-order valence-corrected chi connectivity index (χ1v) is 5.48. The third-order valence-electron chi connectivity index (χ3n) is 1.93. The number of carbonyl (C=O) groups excluding carboxylic acids is 2. The number of nitrogens with zero attached hydrogens (tertiary/aromatic N) is 2. The number of amides is 2. The molecule has 1 unspecified atom stereocenters. The molecule has 6 nitrogen and oxygen atoms in total. The van der Waals surface area contributed by atoms with Crippen molar-refractivity contribution in [2.24, 2.45) is 0 Å². The third kappa shape index (κ3) is 3.99. The lowest BCUT2D eigenvalue weighted by molar-refractivity contribution is -0.122. The standard InChI is InChI=1S/C10H13ClN4O2/c1-3-13-9(16)6(2)14-10(17)7-4-12-5-8(11)15-7/h4-6H,3H2,1-2H3,(H,13,16)(H,14,17). The quantitative estimate of drug-likeness (QED) is 0.816. The van der Waals surface area contributed by atoms with Crippen LogP contribution >= 0.6 is 11.6 Å². The lowest BCUT2D eigenvalue weighted by Crippen LogP contribution is -2.44. The van der Waals surface area contributed by atoms with E-state index in [0.717, 1.165) is 0 Å². The summed E-state index contributed by atoms with van der Waals surface area (Å²) < 4.78 is 0. The maximum Gasteiger partial charge on any atom is 0.272 e. The summed E-state index contributed by atoms with van der Waals surface area (Å²) in [4.78, 5) is 30.6. The molecule has 2 amide bonds. The first-order valence-electron chi connectivity index (χ1n) is 5.10. The summed E-state index contributed by atoms with van der Waals surface area (Å²) in [6.45, 7) is 3.89. The van der Waals surface area contributed by atoms with E-state index >= 15 is 0 Å². The molecule has 0 fully saturated rings. The largest absolute Gasteiger partial charge is 0.355 e. The summed E-state index contributed by atoms with van der Waals surface area (Å²) in [7, 11) is 0. The molecule has 0 aliphatic carbocycles. The molecular weight excluding hydrogens is 244 g/mol. The number of nitrogens with one attached hydrogen (secondary N) is 2. The van der Waals surface area contributed by atoms with E-state index in [-0.39, 0.29) is 16.8 Å². The van der Waals surface area contributed by atoms with Gasteiger partial charge in [-0.15, -0.1) is 0 Å². The Labute approximate surface area is 104 Å². The molecule has 1 aromatic heterocycles. The fourth-order valence-corrected chi connectivity index (χ4v) is 1.26. The van der Waals surface area contributed by atoms with Crippen molar-refractivity contribution in [2.75, 3.05) is 6.54 Å². The number of halogens is 1. The molecule has 0 aliphatic heterocycles. The Morgan fingerprint density at radius 1 is 1.47 bits per heavy atom. The molecule has 92 valence electrons. The summed E-state index contributed by atoms with van der Waals surface area (Å²) in [5.41, 5.74) is 0.0775. The lowest BCUT2D eigenvalue weighted by atomic mass is 10.3. The van der Waals surface area contributed by atoms with E-state index in [1.54, 1.807) is 13.8 Å². The highest BCUT2D eigenvalue weighted by atomic mass is 35.5. The molecule has 17 heavy (non-hydrogen) atoms. The summed E-state index contributed by atoms with van der Waals surface area (Å²) in [6, 6.07) is -0.636. The van der Waals surface area contributed by atoms with E-state index in [1.807, 2.05) is 0 Å². The van der Waals surface area contributed by atoms with E-state index in [9.17, 15) is 9.59 Å². The van der Waals surface area contributed by atoms with Gasteiger partial charge in [0.05, 0.1) is 12.4 Å². The molecule has 0 radical (unpaired) electrons. The number of hydrogen-bond donors (Lipinski definition) is 2. The first kappa shape index (κ1) is 13.4. The van der Waals surface area contributed by atoms with Crippen molar-refractivity contribution in [3.05, 3.63) is 23.2 Å². The van der Waals surface area contributed by atoms with Gasteiger partial charge in [0, 0.05) is 6.54 Å². The van der Waals surface area contributed by atoms with Crippen LogP contribution in [-0.4, -0.2) is 34.4 Å². The smallest absolute Gasteiger partial charge is 0.272 e. The maximum atomic E-state index is 11.7. The molecule has 1 heterocycles. The van der Waals surface area contributed by atoms with Crippen LogP contribution in [-0.2, 0) is 4.79 Å². The van der Waals surface area contributed by atoms with Gasteiger partial charge >= 0.3 is 0 Å². The van der Waals surface area contributed by atoms with Crippen molar-refractivity contribution in [1.82, 2.24) is 20.6 Å². The number of aromatic nitrogens is 2. The Kier molecular flexibility index (Phi) is 4.84. The van der Waals surface area contributed by atoms with E-state index in [0.29, 0.717) is 6.54 Å². The Morgan fingerprint density at radius 2 is 2.18 bits per heavy atom. The lowest BCUT2D eigenvalue weighted by Gasteiger charge is -2.12. The summed E-state index contributed by atoms with van der Waals surface area (Å²) >= 11 is 5.60. The Balaban J connectivity index is 2.63. The molecule has 0 aromatic carbocycles. The molecule has 0 saturated heterocycles. The number of hydrogen-bond acceptors (Lipinski definition) is 4. The number of likely N-dealkylation sites (N-methyl/N-ethyl adjacent to an activating group) is 1. The van der Waals surface area contributed by atoms with E-state index in [4.69, 9.17) is 11.6 Å². The first-order chi connectivity index (χ1) is 8.04. The van der Waals surface area contributed by atoms with Gasteiger partial charge in [0.25, 0.3) is 5.91 Å². The molecule has 0 bridgehead atoms. The molecule has 0 saturated carbocycles.